The number of hydrogen-bond donors (Lipinski definition) is 1. The van der Waals surface area contributed by atoms with Crippen LogP contribution in [-0.2, 0) is 17.5 Å². The number of nitrogens with one attached hydrogen (secondary N) is 1. The molecule has 0 aliphatic rings. The Morgan fingerprint density at radius 1 is 1.25 bits per heavy atom. The quantitative estimate of drug-likeness (QED) is 0.659. The van der Waals surface area contributed by atoms with Gasteiger partial charge < -0.3 is 10.1 Å². The Balaban J connectivity index is 1.67. The first-order chi connectivity index (χ1) is 13.1. The van der Waals surface area contributed by atoms with Crippen LogP contribution in [0.4, 0.5) is 13.2 Å². The number of alkyl halides is 3. The maximum Gasteiger partial charge on any atom is 0.417 e. The van der Waals surface area contributed by atoms with Crippen LogP contribution in [0.25, 0.3) is 5.65 Å². The maximum atomic E-state index is 13.0. The summed E-state index contributed by atoms with van der Waals surface area (Å²) in [5.41, 5.74) is -0.121. The van der Waals surface area contributed by atoms with E-state index in [1.54, 1.807) is 25.1 Å². The standard InChI is InChI=1S/C17H13Cl2F3N4O2/c1-9-4-11(18)2-3-13(9)28-8-15(27)23-6-14-24-25-16-12(19)5-10(7-26(14)16)17(20,21)22/h2-5,7H,6,8H2,1H3,(H,23,27). The number of benzene rings is 1. The van der Waals surface area contributed by atoms with Crippen molar-refractivity contribution in [2.24, 2.45) is 0 Å². The van der Waals surface area contributed by atoms with E-state index in [1.807, 2.05) is 0 Å². The van der Waals surface area contributed by atoms with Gasteiger partial charge in [-0.25, -0.2) is 0 Å². The Bertz CT molecular complexity index is 1040. The molecule has 1 amide bonds. The van der Waals surface area contributed by atoms with Gasteiger partial charge in [0, 0.05) is 11.2 Å². The molecule has 0 atom stereocenters. The molecule has 0 radical (unpaired) electrons. The SMILES string of the molecule is Cc1cc(Cl)ccc1OCC(=O)NCc1nnc2c(Cl)cc(C(F)(F)F)cn12. The van der Waals surface area contributed by atoms with Crippen molar-refractivity contribution in [2.45, 2.75) is 19.6 Å². The Morgan fingerprint density at radius 2 is 2.00 bits per heavy atom. The third kappa shape index (κ3) is 4.48. The third-order valence-corrected chi connectivity index (χ3v) is 4.31. The molecule has 3 rings (SSSR count). The molecule has 0 saturated carbocycles. The molecule has 0 bridgehead atoms. The number of ether oxygens (including phenoxy) is 1. The van der Waals surface area contributed by atoms with Crippen molar-refractivity contribution >= 4 is 34.8 Å². The zero-order valence-corrected chi connectivity index (χ0v) is 15.9. The number of fused-ring (bicyclic) bond motifs is 1. The number of halogens is 5. The Kier molecular flexibility index (Phi) is 5.66. The minimum absolute atomic E-state index is 0.0620. The summed E-state index contributed by atoms with van der Waals surface area (Å²) in [5.74, 6) is 0.109. The molecule has 1 N–H and O–H groups in total. The number of hydrogen-bond acceptors (Lipinski definition) is 4. The monoisotopic (exact) mass is 432 g/mol. The molecule has 0 saturated heterocycles. The van der Waals surface area contributed by atoms with E-state index in [0.717, 1.165) is 22.2 Å². The number of carbonyl (C=O) groups is 1. The fraction of sp³-hybridized carbons (Fsp3) is 0.235. The van der Waals surface area contributed by atoms with Crippen molar-refractivity contribution in [3.05, 3.63) is 57.5 Å². The van der Waals surface area contributed by atoms with Gasteiger partial charge in [0.2, 0.25) is 0 Å². The van der Waals surface area contributed by atoms with Crippen molar-refractivity contribution in [1.82, 2.24) is 19.9 Å². The van der Waals surface area contributed by atoms with Crippen LogP contribution < -0.4 is 10.1 Å². The van der Waals surface area contributed by atoms with Crippen LogP contribution in [0.15, 0.2) is 30.5 Å². The number of pyridine rings is 1. The van der Waals surface area contributed by atoms with Gasteiger partial charge in [-0.05, 0) is 36.8 Å². The van der Waals surface area contributed by atoms with Crippen molar-refractivity contribution < 1.29 is 22.7 Å². The van der Waals surface area contributed by atoms with Crippen molar-refractivity contribution in [1.29, 1.82) is 0 Å². The molecule has 1 aromatic carbocycles. The Morgan fingerprint density at radius 3 is 2.68 bits per heavy atom. The van der Waals surface area contributed by atoms with Crippen LogP contribution in [0.1, 0.15) is 17.0 Å². The fourth-order valence-electron chi connectivity index (χ4n) is 2.42. The number of rotatable bonds is 5. The zero-order valence-electron chi connectivity index (χ0n) is 14.3. The highest BCUT2D eigenvalue weighted by atomic mass is 35.5. The lowest BCUT2D eigenvalue weighted by Gasteiger charge is -2.10. The van der Waals surface area contributed by atoms with Gasteiger partial charge in [-0.3, -0.25) is 9.20 Å². The first kappa shape index (κ1) is 20.2. The molecular weight excluding hydrogens is 420 g/mol. The van der Waals surface area contributed by atoms with E-state index in [1.165, 1.54) is 0 Å². The average molecular weight is 433 g/mol. The molecule has 0 spiro atoms. The molecule has 6 nitrogen and oxygen atoms in total. The van der Waals surface area contributed by atoms with Crippen LogP contribution in [0, 0.1) is 6.92 Å². The van der Waals surface area contributed by atoms with Crippen LogP contribution in [0.2, 0.25) is 10.0 Å². The highest BCUT2D eigenvalue weighted by Crippen LogP contribution is 2.32. The number of aromatic nitrogens is 3. The van der Waals surface area contributed by atoms with Gasteiger partial charge in [0.25, 0.3) is 5.91 Å². The topological polar surface area (TPSA) is 68.5 Å². The van der Waals surface area contributed by atoms with Crippen LogP contribution in [-0.4, -0.2) is 27.1 Å². The predicted molar refractivity (Wildman–Crippen MR) is 96.5 cm³/mol. The smallest absolute Gasteiger partial charge is 0.417 e. The molecule has 11 heteroatoms. The number of carbonyl (C=O) groups excluding carboxylic acids is 1. The van der Waals surface area contributed by atoms with Gasteiger partial charge in [0.05, 0.1) is 17.1 Å². The lowest BCUT2D eigenvalue weighted by molar-refractivity contribution is -0.137. The highest BCUT2D eigenvalue weighted by Gasteiger charge is 2.32. The van der Waals surface area contributed by atoms with Crippen molar-refractivity contribution in [3.8, 4) is 5.75 Å². The fourth-order valence-corrected chi connectivity index (χ4v) is 2.89. The first-order valence-electron chi connectivity index (χ1n) is 7.91. The molecule has 28 heavy (non-hydrogen) atoms. The molecule has 148 valence electrons. The highest BCUT2D eigenvalue weighted by molar-refractivity contribution is 6.33. The Hall–Kier alpha value is -2.52. The summed E-state index contributed by atoms with van der Waals surface area (Å²) in [5, 5.41) is 10.4. The van der Waals surface area contributed by atoms with Gasteiger partial charge in [-0.2, -0.15) is 13.2 Å². The summed E-state index contributed by atoms with van der Waals surface area (Å²) in [6.45, 7) is 1.35. The minimum atomic E-state index is -4.58. The molecular formula is C17H13Cl2F3N4O2. The summed E-state index contributed by atoms with van der Waals surface area (Å²) >= 11 is 11.7. The van der Waals surface area contributed by atoms with Gasteiger partial charge in [-0.15, -0.1) is 10.2 Å². The molecule has 0 unspecified atom stereocenters. The summed E-state index contributed by atoms with van der Waals surface area (Å²) in [6, 6.07) is 5.74. The van der Waals surface area contributed by atoms with Crippen LogP contribution in [0.5, 0.6) is 5.75 Å². The Labute approximate surface area is 167 Å². The van der Waals surface area contributed by atoms with Gasteiger partial charge in [0.1, 0.15) is 5.75 Å². The minimum Gasteiger partial charge on any atom is -0.484 e. The van der Waals surface area contributed by atoms with Gasteiger partial charge in [0.15, 0.2) is 18.1 Å². The number of nitrogens with zero attached hydrogens (tertiary/aromatic N) is 3. The second kappa shape index (κ2) is 7.84. The zero-order chi connectivity index (χ0) is 20.5. The molecule has 2 aromatic heterocycles. The van der Waals surface area contributed by atoms with Gasteiger partial charge >= 0.3 is 6.18 Å². The molecule has 0 aliphatic carbocycles. The second-order valence-electron chi connectivity index (χ2n) is 5.86. The summed E-state index contributed by atoms with van der Waals surface area (Å²) in [7, 11) is 0. The van der Waals surface area contributed by atoms with Crippen LogP contribution >= 0.6 is 23.2 Å². The first-order valence-corrected chi connectivity index (χ1v) is 8.67. The molecule has 3 aromatic rings. The van der Waals surface area contributed by atoms with Crippen molar-refractivity contribution in [3.63, 3.8) is 0 Å². The predicted octanol–water partition coefficient (Wildman–Crippen LogP) is 4.06. The molecule has 2 heterocycles. The van der Waals surface area contributed by atoms with E-state index in [2.05, 4.69) is 15.5 Å². The normalized spacial score (nSPS) is 11.6. The summed E-state index contributed by atoms with van der Waals surface area (Å²) in [6.07, 6.45) is -3.75. The summed E-state index contributed by atoms with van der Waals surface area (Å²) in [4.78, 5) is 12.0. The molecule has 0 fully saturated rings. The second-order valence-corrected chi connectivity index (χ2v) is 6.70. The lowest BCUT2D eigenvalue weighted by atomic mass is 10.2. The largest absolute Gasteiger partial charge is 0.484 e. The van der Waals surface area contributed by atoms with E-state index in [9.17, 15) is 18.0 Å². The van der Waals surface area contributed by atoms with Crippen molar-refractivity contribution in [2.75, 3.05) is 6.61 Å². The van der Waals surface area contributed by atoms with E-state index >= 15 is 0 Å². The number of aryl methyl sites for hydroxylation is 1. The van der Waals surface area contributed by atoms with E-state index in [0.29, 0.717) is 10.8 Å². The van der Waals surface area contributed by atoms with E-state index in [4.69, 9.17) is 27.9 Å². The third-order valence-electron chi connectivity index (χ3n) is 3.80. The maximum absolute atomic E-state index is 13.0. The molecule has 0 aliphatic heterocycles. The van der Waals surface area contributed by atoms with E-state index in [-0.39, 0.29) is 29.6 Å². The van der Waals surface area contributed by atoms with Gasteiger partial charge in [-0.1, -0.05) is 23.2 Å². The lowest BCUT2D eigenvalue weighted by Crippen LogP contribution is -2.29. The number of amides is 1. The average Bonchev–Trinajstić information content (AvgIpc) is 3.02. The van der Waals surface area contributed by atoms with E-state index < -0.39 is 17.6 Å². The van der Waals surface area contributed by atoms with Crippen LogP contribution in [0.3, 0.4) is 0 Å². The summed E-state index contributed by atoms with van der Waals surface area (Å²) < 4.78 is 45.4.